The summed E-state index contributed by atoms with van der Waals surface area (Å²) in [7, 11) is 0. The van der Waals surface area contributed by atoms with Gasteiger partial charge in [-0.3, -0.25) is 4.57 Å². The molecule has 0 spiro atoms. The molecule has 78 valence electrons. The summed E-state index contributed by atoms with van der Waals surface area (Å²) in [5.74, 6) is 0.860. The number of alkyl halides is 1. The van der Waals surface area contributed by atoms with E-state index in [2.05, 4.69) is 25.9 Å². The number of aryl methyl sites for hydroxylation is 1. The van der Waals surface area contributed by atoms with Crippen LogP contribution in [0.15, 0.2) is 24.8 Å². The van der Waals surface area contributed by atoms with Crippen molar-refractivity contribution in [3.8, 4) is 5.82 Å². The first-order valence-corrected chi connectivity index (χ1v) is 5.92. The van der Waals surface area contributed by atoms with Crippen LogP contribution >= 0.6 is 27.5 Å². The zero-order chi connectivity index (χ0) is 10.8. The Hall–Kier alpha value is -0.870. The fourth-order valence-electron chi connectivity index (χ4n) is 1.35. The topological polar surface area (TPSA) is 30.7 Å². The van der Waals surface area contributed by atoms with Crippen LogP contribution in [-0.4, -0.2) is 14.5 Å². The quantitative estimate of drug-likeness (QED) is 0.794. The molecule has 0 N–H and O–H groups in total. The summed E-state index contributed by atoms with van der Waals surface area (Å²) in [4.78, 5) is 8.49. The summed E-state index contributed by atoms with van der Waals surface area (Å²) in [6.45, 7) is 1.97. The van der Waals surface area contributed by atoms with Gasteiger partial charge in [0.15, 0.2) is 0 Å². The maximum Gasteiger partial charge on any atom is 0.140 e. The van der Waals surface area contributed by atoms with Crippen LogP contribution in [0, 0.1) is 6.92 Å². The number of aromatic nitrogens is 3. The van der Waals surface area contributed by atoms with Gasteiger partial charge < -0.3 is 0 Å². The Morgan fingerprint density at radius 2 is 2.27 bits per heavy atom. The summed E-state index contributed by atoms with van der Waals surface area (Å²) < 4.78 is 1.89. The minimum absolute atomic E-state index is 0.650. The molecule has 0 aliphatic carbocycles. The van der Waals surface area contributed by atoms with Crippen LogP contribution in [0.5, 0.6) is 0 Å². The highest BCUT2D eigenvalue weighted by molar-refractivity contribution is 9.08. The van der Waals surface area contributed by atoms with E-state index in [4.69, 9.17) is 11.6 Å². The van der Waals surface area contributed by atoms with Crippen LogP contribution in [0.4, 0.5) is 0 Å². The first-order valence-electron chi connectivity index (χ1n) is 4.42. The minimum atomic E-state index is 0.650. The zero-order valence-corrected chi connectivity index (χ0v) is 10.5. The van der Waals surface area contributed by atoms with Gasteiger partial charge in [0, 0.05) is 17.7 Å². The van der Waals surface area contributed by atoms with E-state index in [1.54, 1.807) is 12.5 Å². The lowest BCUT2D eigenvalue weighted by Gasteiger charge is -2.04. The summed E-state index contributed by atoms with van der Waals surface area (Å²) in [5.41, 5.74) is 2.01. The Balaban J connectivity index is 2.44. The van der Waals surface area contributed by atoms with Crippen molar-refractivity contribution in [1.29, 1.82) is 0 Å². The first kappa shape index (κ1) is 10.6. The molecule has 0 amide bonds. The van der Waals surface area contributed by atoms with E-state index in [-0.39, 0.29) is 0 Å². The van der Waals surface area contributed by atoms with Crippen LogP contribution < -0.4 is 0 Å². The number of nitrogens with zero attached hydrogens (tertiary/aromatic N) is 3. The molecule has 0 aliphatic rings. The van der Waals surface area contributed by atoms with Crippen LogP contribution in [-0.2, 0) is 5.33 Å². The molecule has 0 aromatic carbocycles. The van der Waals surface area contributed by atoms with Crippen molar-refractivity contribution in [2.75, 3.05) is 0 Å². The van der Waals surface area contributed by atoms with E-state index in [0.717, 1.165) is 22.4 Å². The molecule has 0 saturated heterocycles. The van der Waals surface area contributed by atoms with E-state index >= 15 is 0 Å². The standard InChI is InChI=1S/C10H9BrClN3/c1-7-2-8(12)4-13-10(7)15-5-9(3-11)14-6-15/h2,4-6H,3H2,1H3. The molecule has 2 aromatic rings. The number of hydrogen-bond acceptors (Lipinski definition) is 2. The van der Waals surface area contributed by atoms with Gasteiger partial charge in [0.25, 0.3) is 0 Å². The fourth-order valence-corrected chi connectivity index (χ4v) is 1.85. The molecule has 0 radical (unpaired) electrons. The lowest BCUT2D eigenvalue weighted by molar-refractivity contribution is 0.975. The fraction of sp³-hybridized carbons (Fsp3) is 0.200. The number of rotatable bonds is 2. The van der Waals surface area contributed by atoms with Crippen LogP contribution in [0.2, 0.25) is 5.02 Å². The maximum atomic E-state index is 5.84. The average Bonchev–Trinajstić information content (AvgIpc) is 2.66. The third kappa shape index (κ3) is 2.21. The summed E-state index contributed by atoms with van der Waals surface area (Å²) in [6.07, 6.45) is 5.33. The minimum Gasteiger partial charge on any atom is -0.290 e. The molecule has 0 aliphatic heterocycles. The van der Waals surface area contributed by atoms with Crippen molar-refractivity contribution < 1.29 is 0 Å². The molecule has 2 aromatic heterocycles. The van der Waals surface area contributed by atoms with Crippen molar-refractivity contribution in [3.05, 3.63) is 41.1 Å². The highest BCUT2D eigenvalue weighted by Crippen LogP contribution is 2.16. The van der Waals surface area contributed by atoms with Crippen molar-refractivity contribution in [2.24, 2.45) is 0 Å². The molecule has 0 bridgehead atoms. The SMILES string of the molecule is Cc1cc(Cl)cnc1-n1cnc(CBr)c1. The third-order valence-corrected chi connectivity index (χ3v) is 2.82. The summed E-state index contributed by atoms with van der Waals surface area (Å²) in [6, 6.07) is 1.89. The lowest BCUT2D eigenvalue weighted by Crippen LogP contribution is -1.97. The lowest BCUT2D eigenvalue weighted by atomic mass is 10.3. The van der Waals surface area contributed by atoms with Crippen molar-refractivity contribution in [1.82, 2.24) is 14.5 Å². The molecule has 0 unspecified atom stereocenters. The van der Waals surface area contributed by atoms with E-state index in [1.165, 1.54) is 0 Å². The van der Waals surface area contributed by atoms with Gasteiger partial charge in [0.05, 0.1) is 10.7 Å². The Morgan fingerprint density at radius 1 is 1.47 bits per heavy atom. The Bertz CT molecular complexity index is 481. The van der Waals surface area contributed by atoms with Crippen molar-refractivity contribution in [2.45, 2.75) is 12.3 Å². The monoisotopic (exact) mass is 285 g/mol. The van der Waals surface area contributed by atoms with Crippen LogP contribution in [0.1, 0.15) is 11.3 Å². The predicted octanol–water partition coefficient (Wildman–Crippen LogP) is 3.12. The Morgan fingerprint density at radius 3 is 2.87 bits per heavy atom. The highest BCUT2D eigenvalue weighted by atomic mass is 79.9. The van der Waals surface area contributed by atoms with E-state index in [9.17, 15) is 0 Å². The molecular formula is C10H9BrClN3. The van der Waals surface area contributed by atoms with E-state index < -0.39 is 0 Å². The van der Waals surface area contributed by atoms with Gasteiger partial charge in [-0.25, -0.2) is 9.97 Å². The van der Waals surface area contributed by atoms with Crippen LogP contribution in [0.25, 0.3) is 5.82 Å². The zero-order valence-electron chi connectivity index (χ0n) is 8.11. The van der Waals surface area contributed by atoms with Gasteiger partial charge in [-0.1, -0.05) is 27.5 Å². The molecular weight excluding hydrogens is 277 g/mol. The Labute approximate surface area is 101 Å². The largest absolute Gasteiger partial charge is 0.290 e. The first-order chi connectivity index (χ1) is 7.20. The third-order valence-electron chi connectivity index (χ3n) is 2.03. The smallest absolute Gasteiger partial charge is 0.140 e. The number of hydrogen-bond donors (Lipinski definition) is 0. The van der Waals surface area contributed by atoms with Gasteiger partial charge >= 0.3 is 0 Å². The van der Waals surface area contributed by atoms with Gasteiger partial charge in [0.1, 0.15) is 12.1 Å². The second-order valence-corrected chi connectivity index (χ2v) is 4.20. The van der Waals surface area contributed by atoms with Crippen molar-refractivity contribution >= 4 is 27.5 Å². The second kappa shape index (κ2) is 4.33. The molecule has 2 rings (SSSR count). The van der Waals surface area contributed by atoms with E-state index in [0.29, 0.717) is 5.02 Å². The van der Waals surface area contributed by atoms with E-state index in [1.807, 2.05) is 23.8 Å². The molecule has 0 saturated carbocycles. The van der Waals surface area contributed by atoms with Gasteiger partial charge in [-0.05, 0) is 18.6 Å². The van der Waals surface area contributed by atoms with Gasteiger partial charge in [-0.2, -0.15) is 0 Å². The summed E-state index contributed by atoms with van der Waals surface area (Å²) in [5, 5.41) is 1.39. The van der Waals surface area contributed by atoms with Crippen LogP contribution in [0.3, 0.4) is 0 Å². The predicted molar refractivity (Wildman–Crippen MR) is 63.7 cm³/mol. The number of halogens is 2. The van der Waals surface area contributed by atoms with Gasteiger partial charge in [0.2, 0.25) is 0 Å². The molecule has 0 atom stereocenters. The number of pyridine rings is 1. The second-order valence-electron chi connectivity index (χ2n) is 3.20. The van der Waals surface area contributed by atoms with Gasteiger partial charge in [-0.15, -0.1) is 0 Å². The maximum absolute atomic E-state index is 5.84. The summed E-state index contributed by atoms with van der Waals surface area (Å²) >= 11 is 9.20. The highest BCUT2D eigenvalue weighted by Gasteiger charge is 2.04. The average molecular weight is 287 g/mol. The molecule has 2 heterocycles. The molecule has 15 heavy (non-hydrogen) atoms. The van der Waals surface area contributed by atoms with Crippen molar-refractivity contribution in [3.63, 3.8) is 0 Å². The Kier molecular flexibility index (Phi) is 3.07. The molecule has 0 fully saturated rings. The number of imidazole rings is 1. The molecule has 5 heteroatoms. The normalized spacial score (nSPS) is 10.6. The molecule has 3 nitrogen and oxygen atoms in total.